The number of hydrogen-bond donors (Lipinski definition) is 1. The van der Waals surface area contributed by atoms with Gasteiger partial charge in [0.2, 0.25) is 0 Å². The van der Waals surface area contributed by atoms with E-state index in [1.807, 2.05) is 0 Å². The van der Waals surface area contributed by atoms with Gasteiger partial charge in [0.05, 0.1) is 5.02 Å². The van der Waals surface area contributed by atoms with Crippen molar-refractivity contribution in [2.45, 2.75) is 39.5 Å². The highest BCUT2D eigenvalue weighted by molar-refractivity contribution is 6.30. The van der Waals surface area contributed by atoms with Gasteiger partial charge in [-0.05, 0) is 42.5 Å². The lowest BCUT2D eigenvalue weighted by atomic mass is 9.83. The van der Waals surface area contributed by atoms with Gasteiger partial charge in [0, 0.05) is 12.8 Å². The van der Waals surface area contributed by atoms with E-state index in [4.69, 9.17) is 17.3 Å². The van der Waals surface area contributed by atoms with Crippen LogP contribution >= 0.6 is 11.6 Å². The van der Waals surface area contributed by atoms with Gasteiger partial charge < -0.3 is 5.73 Å². The Morgan fingerprint density at radius 1 is 1.37 bits per heavy atom. The molecule has 0 aromatic heterocycles. The molecule has 0 amide bonds. The predicted molar refractivity (Wildman–Crippen MR) is 76.8 cm³/mol. The number of halogens is 2. The summed E-state index contributed by atoms with van der Waals surface area (Å²) in [6.07, 6.45) is 2.54. The Labute approximate surface area is 119 Å². The first kappa shape index (κ1) is 16.1. The van der Waals surface area contributed by atoms with Crippen molar-refractivity contribution in [3.05, 3.63) is 34.6 Å². The Morgan fingerprint density at radius 3 is 2.63 bits per heavy atom. The molecule has 0 spiro atoms. The van der Waals surface area contributed by atoms with Crippen LogP contribution in [0.3, 0.4) is 0 Å². The Hall–Kier alpha value is -0.930. The zero-order valence-corrected chi connectivity index (χ0v) is 12.3. The first-order valence-electron chi connectivity index (χ1n) is 6.50. The quantitative estimate of drug-likeness (QED) is 0.829. The average molecular weight is 286 g/mol. The van der Waals surface area contributed by atoms with Crippen LogP contribution < -0.4 is 5.73 Å². The highest BCUT2D eigenvalue weighted by Crippen LogP contribution is 2.26. The molecule has 0 heterocycles. The summed E-state index contributed by atoms with van der Waals surface area (Å²) in [7, 11) is 0. The standard InChI is InChI=1S/C15H21ClFNO/c1-15(2,7-8-18)6-5-12(19)9-11-3-4-14(17)13(16)10-11/h3-4,10H,5-9,18H2,1-2H3. The molecule has 0 bridgehead atoms. The molecule has 1 rings (SSSR count). The minimum Gasteiger partial charge on any atom is -0.330 e. The molecule has 0 atom stereocenters. The summed E-state index contributed by atoms with van der Waals surface area (Å²) < 4.78 is 13.0. The fourth-order valence-corrected chi connectivity index (χ4v) is 2.16. The summed E-state index contributed by atoms with van der Waals surface area (Å²) in [4.78, 5) is 11.9. The van der Waals surface area contributed by atoms with Gasteiger partial charge in [-0.3, -0.25) is 4.79 Å². The Balaban J connectivity index is 2.49. The molecule has 4 heteroatoms. The van der Waals surface area contributed by atoms with E-state index < -0.39 is 5.82 Å². The van der Waals surface area contributed by atoms with Gasteiger partial charge in [-0.15, -0.1) is 0 Å². The number of rotatable bonds is 7. The Kier molecular flexibility index (Phi) is 5.95. The fourth-order valence-electron chi connectivity index (χ4n) is 1.96. The van der Waals surface area contributed by atoms with Crippen LogP contribution in [0.4, 0.5) is 4.39 Å². The zero-order valence-electron chi connectivity index (χ0n) is 11.5. The van der Waals surface area contributed by atoms with Crippen LogP contribution in [0, 0.1) is 11.2 Å². The van der Waals surface area contributed by atoms with E-state index in [2.05, 4.69) is 13.8 Å². The van der Waals surface area contributed by atoms with E-state index in [1.54, 1.807) is 6.07 Å². The lowest BCUT2D eigenvalue weighted by Gasteiger charge is -2.23. The summed E-state index contributed by atoms with van der Waals surface area (Å²) in [5.41, 5.74) is 6.39. The van der Waals surface area contributed by atoms with Crippen molar-refractivity contribution < 1.29 is 9.18 Å². The minimum atomic E-state index is -0.457. The molecule has 0 aliphatic carbocycles. The molecule has 0 radical (unpaired) electrons. The summed E-state index contributed by atoms with van der Waals surface area (Å²) in [5, 5.41) is 0.0637. The van der Waals surface area contributed by atoms with Crippen molar-refractivity contribution in [3.63, 3.8) is 0 Å². The SMILES string of the molecule is CC(C)(CCN)CCC(=O)Cc1ccc(F)c(Cl)c1. The van der Waals surface area contributed by atoms with Gasteiger partial charge in [-0.25, -0.2) is 4.39 Å². The third-order valence-corrected chi connectivity index (χ3v) is 3.58. The van der Waals surface area contributed by atoms with Crippen molar-refractivity contribution in [1.29, 1.82) is 0 Å². The van der Waals surface area contributed by atoms with Gasteiger partial charge in [0.25, 0.3) is 0 Å². The number of ketones is 1. The average Bonchev–Trinajstić information content (AvgIpc) is 2.32. The summed E-state index contributed by atoms with van der Waals surface area (Å²) >= 11 is 5.69. The van der Waals surface area contributed by atoms with Crippen LogP contribution in [-0.4, -0.2) is 12.3 Å². The van der Waals surface area contributed by atoms with Crippen LogP contribution in [0.15, 0.2) is 18.2 Å². The normalized spacial score (nSPS) is 11.6. The van der Waals surface area contributed by atoms with Crippen LogP contribution in [0.5, 0.6) is 0 Å². The molecule has 106 valence electrons. The highest BCUT2D eigenvalue weighted by Gasteiger charge is 2.18. The van der Waals surface area contributed by atoms with E-state index in [0.29, 0.717) is 19.4 Å². The minimum absolute atomic E-state index is 0.0637. The van der Waals surface area contributed by atoms with E-state index in [1.165, 1.54) is 12.1 Å². The highest BCUT2D eigenvalue weighted by atomic mass is 35.5. The Bertz CT molecular complexity index is 446. The lowest BCUT2D eigenvalue weighted by molar-refractivity contribution is -0.119. The molecule has 0 saturated carbocycles. The molecule has 0 saturated heterocycles. The third kappa shape index (κ3) is 5.70. The van der Waals surface area contributed by atoms with E-state index in [-0.39, 0.29) is 16.2 Å². The first-order valence-corrected chi connectivity index (χ1v) is 6.87. The molecule has 1 aromatic rings. The monoisotopic (exact) mass is 285 g/mol. The molecule has 0 aliphatic heterocycles. The van der Waals surface area contributed by atoms with Crippen LogP contribution in [-0.2, 0) is 11.2 Å². The number of nitrogens with two attached hydrogens (primary N) is 1. The van der Waals surface area contributed by atoms with Crippen molar-refractivity contribution >= 4 is 17.4 Å². The van der Waals surface area contributed by atoms with Crippen LogP contribution in [0.25, 0.3) is 0 Å². The molecule has 0 fully saturated rings. The van der Waals surface area contributed by atoms with E-state index in [0.717, 1.165) is 18.4 Å². The second-order valence-corrected chi connectivity index (χ2v) is 6.07. The molecule has 2 N–H and O–H groups in total. The summed E-state index contributed by atoms with van der Waals surface area (Å²) in [5.74, 6) is -0.310. The van der Waals surface area contributed by atoms with Gasteiger partial charge in [0.15, 0.2) is 0 Å². The number of carbonyl (C=O) groups is 1. The number of hydrogen-bond acceptors (Lipinski definition) is 2. The van der Waals surface area contributed by atoms with E-state index >= 15 is 0 Å². The zero-order chi connectivity index (χ0) is 14.5. The molecule has 0 aliphatic rings. The summed E-state index contributed by atoms with van der Waals surface area (Å²) in [6, 6.07) is 4.41. The first-order chi connectivity index (χ1) is 8.84. The topological polar surface area (TPSA) is 43.1 Å². The molecule has 1 aromatic carbocycles. The van der Waals surface area contributed by atoms with Gasteiger partial charge in [-0.1, -0.05) is 31.5 Å². The van der Waals surface area contributed by atoms with Crippen LogP contribution in [0.1, 0.15) is 38.7 Å². The maximum absolute atomic E-state index is 13.0. The molecule has 0 unspecified atom stereocenters. The van der Waals surface area contributed by atoms with Gasteiger partial charge in [0.1, 0.15) is 11.6 Å². The second kappa shape index (κ2) is 7.01. The maximum Gasteiger partial charge on any atom is 0.141 e. The summed E-state index contributed by atoms with van der Waals surface area (Å²) in [6.45, 7) is 4.86. The second-order valence-electron chi connectivity index (χ2n) is 5.67. The molecule has 19 heavy (non-hydrogen) atoms. The molecular weight excluding hydrogens is 265 g/mol. The largest absolute Gasteiger partial charge is 0.330 e. The number of Topliss-reactive ketones (excluding diaryl/α,β-unsaturated/α-hetero) is 1. The smallest absolute Gasteiger partial charge is 0.141 e. The van der Waals surface area contributed by atoms with Crippen molar-refractivity contribution in [1.82, 2.24) is 0 Å². The lowest BCUT2D eigenvalue weighted by Crippen LogP contribution is -2.18. The maximum atomic E-state index is 13.0. The number of benzene rings is 1. The molecule has 2 nitrogen and oxygen atoms in total. The van der Waals surface area contributed by atoms with Gasteiger partial charge >= 0.3 is 0 Å². The molecular formula is C15H21ClFNO. The van der Waals surface area contributed by atoms with Crippen molar-refractivity contribution in [2.75, 3.05) is 6.54 Å². The van der Waals surface area contributed by atoms with Crippen molar-refractivity contribution in [3.8, 4) is 0 Å². The number of carbonyl (C=O) groups excluding carboxylic acids is 1. The fraction of sp³-hybridized carbons (Fsp3) is 0.533. The Morgan fingerprint density at radius 2 is 2.05 bits per heavy atom. The van der Waals surface area contributed by atoms with Crippen molar-refractivity contribution in [2.24, 2.45) is 11.1 Å². The van der Waals surface area contributed by atoms with Crippen LogP contribution in [0.2, 0.25) is 5.02 Å². The van der Waals surface area contributed by atoms with Gasteiger partial charge in [-0.2, -0.15) is 0 Å². The van der Waals surface area contributed by atoms with E-state index in [9.17, 15) is 9.18 Å². The third-order valence-electron chi connectivity index (χ3n) is 3.29. The predicted octanol–water partition coefficient (Wildman–Crippen LogP) is 3.75.